The Hall–Kier alpha value is -4.31. The number of pyridine rings is 1. The SMILES string of the molecule is C=C/C(=C\C(=C)O)c1ccc(-c2cc(-c3ccccn3)nc(-c3ccccc3)n2)cc1. The van der Waals surface area contributed by atoms with Crippen molar-refractivity contribution < 1.29 is 5.11 Å². The van der Waals surface area contributed by atoms with Crippen molar-refractivity contribution in [1.29, 1.82) is 0 Å². The van der Waals surface area contributed by atoms with E-state index >= 15 is 0 Å². The Kier molecular flexibility index (Phi) is 5.81. The highest BCUT2D eigenvalue weighted by molar-refractivity contribution is 5.77. The lowest BCUT2D eigenvalue weighted by atomic mass is 10.0. The van der Waals surface area contributed by atoms with E-state index in [4.69, 9.17) is 9.97 Å². The van der Waals surface area contributed by atoms with Crippen LogP contribution in [0.1, 0.15) is 5.56 Å². The zero-order chi connectivity index (χ0) is 21.6. The van der Waals surface area contributed by atoms with E-state index in [-0.39, 0.29) is 5.76 Å². The molecule has 0 unspecified atom stereocenters. The van der Waals surface area contributed by atoms with E-state index in [0.717, 1.165) is 39.3 Å². The van der Waals surface area contributed by atoms with Gasteiger partial charge in [0.05, 0.1) is 17.1 Å². The number of aliphatic hydroxyl groups excluding tert-OH is 1. The summed E-state index contributed by atoms with van der Waals surface area (Å²) in [5, 5.41) is 9.48. The van der Waals surface area contributed by atoms with Crippen LogP contribution in [0.25, 0.3) is 39.6 Å². The maximum absolute atomic E-state index is 9.48. The van der Waals surface area contributed by atoms with Gasteiger partial charge in [-0.2, -0.15) is 0 Å². The molecule has 0 saturated carbocycles. The number of aromatic nitrogens is 3. The van der Waals surface area contributed by atoms with Gasteiger partial charge in [0, 0.05) is 17.3 Å². The summed E-state index contributed by atoms with van der Waals surface area (Å²) in [7, 11) is 0. The molecule has 0 radical (unpaired) electrons. The van der Waals surface area contributed by atoms with Gasteiger partial charge in [0.25, 0.3) is 0 Å². The van der Waals surface area contributed by atoms with Gasteiger partial charge in [0.1, 0.15) is 5.76 Å². The third-order valence-electron chi connectivity index (χ3n) is 4.74. The zero-order valence-corrected chi connectivity index (χ0v) is 16.9. The second-order valence-corrected chi connectivity index (χ2v) is 6.92. The van der Waals surface area contributed by atoms with Crippen molar-refractivity contribution >= 4 is 5.57 Å². The predicted molar refractivity (Wildman–Crippen MR) is 126 cm³/mol. The molecule has 4 nitrogen and oxygen atoms in total. The van der Waals surface area contributed by atoms with Crippen molar-refractivity contribution in [3.05, 3.63) is 122 Å². The Balaban J connectivity index is 1.81. The number of rotatable bonds is 6. The Morgan fingerprint density at radius 3 is 2.13 bits per heavy atom. The summed E-state index contributed by atoms with van der Waals surface area (Å²) in [5.41, 5.74) is 5.96. The lowest BCUT2D eigenvalue weighted by molar-refractivity contribution is 0.435. The summed E-state index contributed by atoms with van der Waals surface area (Å²) >= 11 is 0. The van der Waals surface area contributed by atoms with Gasteiger partial charge < -0.3 is 5.11 Å². The average Bonchev–Trinajstić information content (AvgIpc) is 2.83. The Morgan fingerprint density at radius 2 is 1.48 bits per heavy atom. The van der Waals surface area contributed by atoms with Crippen molar-refractivity contribution in [1.82, 2.24) is 15.0 Å². The van der Waals surface area contributed by atoms with Crippen LogP contribution in [0.3, 0.4) is 0 Å². The van der Waals surface area contributed by atoms with Crippen LogP contribution in [0, 0.1) is 0 Å². The summed E-state index contributed by atoms with van der Waals surface area (Å²) in [5.74, 6) is 0.633. The predicted octanol–water partition coefficient (Wildman–Crippen LogP) is 6.51. The largest absolute Gasteiger partial charge is 0.509 e. The molecular weight excluding hydrogens is 382 g/mol. The molecule has 0 spiro atoms. The summed E-state index contributed by atoms with van der Waals surface area (Å²) in [4.78, 5) is 14.0. The summed E-state index contributed by atoms with van der Waals surface area (Å²) in [6.45, 7) is 7.33. The Bertz CT molecular complexity index is 1190. The number of hydrogen-bond acceptors (Lipinski definition) is 4. The maximum Gasteiger partial charge on any atom is 0.160 e. The quantitative estimate of drug-likeness (QED) is 0.294. The Labute approximate surface area is 181 Å². The third kappa shape index (κ3) is 4.65. The van der Waals surface area contributed by atoms with Gasteiger partial charge in [-0.05, 0) is 35.4 Å². The molecule has 31 heavy (non-hydrogen) atoms. The average molecular weight is 403 g/mol. The highest BCUT2D eigenvalue weighted by Crippen LogP contribution is 2.28. The first-order valence-corrected chi connectivity index (χ1v) is 9.83. The summed E-state index contributed by atoms with van der Waals surface area (Å²) in [6, 6.07) is 25.5. The highest BCUT2D eigenvalue weighted by atomic mass is 16.3. The minimum atomic E-state index is -0.0118. The lowest BCUT2D eigenvalue weighted by Crippen LogP contribution is -1.96. The molecule has 0 atom stereocenters. The van der Waals surface area contributed by atoms with Gasteiger partial charge in [-0.1, -0.05) is 79.9 Å². The first kappa shape index (κ1) is 20.0. The molecule has 2 aromatic heterocycles. The van der Waals surface area contributed by atoms with E-state index in [0.29, 0.717) is 5.82 Å². The Morgan fingerprint density at radius 1 is 0.774 bits per heavy atom. The molecule has 2 aromatic carbocycles. The van der Waals surface area contributed by atoms with Crippen LogP contribution < -0.4 is 0 Å². The molecule has 150 valence electrons. The highest BCUT2D eigenvalue weighted by Gasteiger charge is 2.11. The zero-order valence-electron chi connectivity index (χ0n) is 16.9. The molecule has 0 saturated heterocycles. The van der Waals surface area contributed by atoms with Crippen molar-refractivity contribution in [2.24, 2.45) is 0 Å². The number of nitrogens with zero attached hydrogens (tertiary/aromatic N) is 3. The van der Waals surface area contributed by atoms with Crippen LogP contribution >= 0.6 is 0 Å². The molecule has 4 heteroatoms. The molecule has 4 aromatic rings. The molecule has 0 aliphatic rings. The first-order valence-electron chi connectivity index (χ1n) is 9.83. The van der Waals surface area contributed by atoms with E-state index in [2.05, 4.69) is 18.1 Å². The van der Waals surface area contributed by atoms with E-state index < -0.39 is 0 Å². The maximum atomic E-state index is 9.48. The monoisotopic (exact) mass is 403 g/mol. The van der Waals surface area contributed by atoms with Crippen LogP contribution in [-0.4, -0.2) is 20.1 Å². The fourth-order valence-electron chi connectivity index (χ4n) is 3.23. The molecular formula is C27H21N3O. The van der Waals surface area contributed by atoms with Gasteiger partial charge in [-0.3, -0.25) is 4.98 Å². The van der Waals surface area contributed by atoms with Crippen LogP contribution in [0.5, 0.6) is 0 Å². The van der Waals surface area contributed by atoms with Crippen LogP contribution in [0.4, 0.5) is 0 Å². The number of allylic oxidation sites excluding steroid dienone is 3. The van der Waals surface area contributed by atoms with Gasteiger partial charge in [-0.25, -0.2) is 9.97 Å². The fourth-order valence-corrected chi connectivity index (χ4v) is 3.23. The minimum absolute atomic E-state index is 0.0118. The van der Waals surface area contributed by atoms with E-state index in [9.17, 15) is 5.11 Å². The van der Waals surface area contributed by atoms with Crippen LogP contribution in [0.15, 0.2) is 116 Å². The first-order chi connectivity index (χ1) is 15.1. The third-order valence-corrected chi connectivity index (χ3v) is 4.74. The van der Waals surface area contributed by atoms with Crippen LogP contribution in [-0.2, 0) is 0 Å². The normalized spacial score (nSPS) is 11.2. The molecule has 0 aliphatic carbocycles. The van der Waals surface area contributed by atoms with Crippen molar-refractivity contribution in [2.45, 2.75) is 0 Å². The van der Waals surface area contributed by atoms with Gasteiger partial charge in [-0.15, -0.1) is 0 Å². The molecule has 0 amide bonds. The second kappa shape index (κ2) is 9.01. The number of benzene rings is 2. The van der Waals surface area contributed by atoms with Crippen molar-refractivity contribution in [3.8, 4) is 34.0 Å². The fraction of sp³-hybridized carbons (Fsp3) is 0. The van der Waals surface area contributed by atoms with Gasteiger partial charge in [0.15, 0.2) is 5.82 Å². The second-order valence-electron chi connectivity index (χ2n) is 6.92. The molecule has 1 N–H and O–H groups in total. The van der Waals surface area contributed by atoms with E-state index in [1.807, 2.05) is 78.9 Å². The molecule has 2 heterocycles. The topological polar surface area (TPSA) is 58.9 Å². The van der Waals surface area contributed by atoms with Gasteiger partial charge in [0.2, 0.25) is 0 Å². The molecule has 0 bridgehead atoms. The standard InChI is InChI=1S/C27H21N3O/c1-3-20(17-19(2)31)21-12-14-22(15-13-21)25-18-26(24-11-7-8-16-28-24)30-27(29-25)23-9-5-4-6-10-23/h3-18,31H,1-2H2/b20-17+. The summed E-state index contributed by atoms with van der Waals surface area (Å²) < 4.78 is 0. The minimum Gasteiger partial charge on any atom is -0.509 e. The number of hydrogen-bond donors (Lipinski definition) is 1. The smallest absolute Gasteiger partial charge is 0.160 e. The van der Waals surface area contributed by atoms with Crippen LogP contribution in [0.2, 0.25) is 0 Å². The summed E-state index contributed by atoms with van der Waals surface area (Å²) in [6.07, 6.45) is 5.03. The van der Waals surface area contributed by atoms with E-state index in [1.165, 1.54) is 0 Å². The lowest BCUT2D eigenvalue weighted by Gasteiger charge is -2.10. The van der Waals surface area contributed by atoms with E-state index in [1.54, 1.807) is 18.3 Å². The number of aliphatic hydroxyl groups is 1. The molecule has 0 aliphatic heterocycles. The molecule has 4 rings (SSSR count). The molecule has 0 fully saturated rings. The van der Waals surface area contributed by atoms with Crippen molar-refractivity contribution in [2.75, 3.05) is 0 Å². The van der Waals surface area contributed by atoms with Gasteiger partial charge >= 0.3 is 0 Å². The van der Waals surface area contributed by atoms with Crippen molar-refractivity contribution in [3.63, 3.8) is 0 Å².